The number of hydrogen-bond donors (Lipinski definition) is 1. The molecule has 0 aliphatic heterocycles. The fourth-order valence-electron chi connectivity index (χ4n) is 2.00. The fraction of sp³-hybridized carbons (Fsp3) is 0.0714. The van der Waals surface area contributed by atoms with E-state index in [0.29, 0.717) is 0 Å². The summed E-state index contributed by atoms with van der Waals surface area (Å²) in [6.07, 6.45) is 1.86. The molecule has 0 saturated carbocycles. The van der Waals surface area contributed by atoms with Crippen molar-refractivity contribution in [3.05, 3.63) is 54.2 Å². The molecule has 0 spiro atoms. The lowest BCUT2D eigenvalue weighted by molar-refractivity contribution is 0.911. The number of fused-ring (bicyclic) bond motifs is 1. The van der Waals surface area contributed by atoms with Crippen LogP contribution in [-0.2, 0) is 0 Å². The molecule has 84 valence electrons. The Morgan fingerprint density at radius 3 is 2.82 bits per heavy atom. The van der Waals surface area contributed by atoms with Gasteiger partial charge in [0.25, 0.3) is 0 Å². The summed E-state index contributed by atoms with van der Waals surface area (Å²) in [4.78, 5) is 0. The molecule has 0 aliphatic carbocycles. The standard InChI is InChI=1S/C14H13N3/c1-10-6-7-12(15)14(8-10)17-13-5-3-2-4-11(13)9-16-17/h2-9H,15H2,1H3. The van der Waals surface area contributed by atoms with Crippen LogP contribution in [0.1, 0.15) is 5.56 Å². The number of rotatable bonds is 1. The molecule has 3 aromatic rings. The van der Waals surface area contributed by atoms with Gasteiger partial charge in [-0.05, 0) is 30.7 Å². The van der Waals surface area contributed by atoms with Crippen molar-refractivity contribution in [3.8, 4) is 5.69 Å². The average Bonchev–Trinajstić information content (AvgIpc) is 2.76. The van der Waals surface area contributed by atoms with Crippen LogP contribution in [0.3, 0.4) is 0 Å². The van der Waals surface area contributed by atoms with Gasteiger partial charge in [-0.1, -0.05) is 24.3 Å². The third-order valence-corrected chi connectivity index (χ3v) is 2.89. The molecule has 2 N–H and O–H groups in total. The van der Waals surface area contributed by atoms with Gasteiger partial charge in [0.05, 0.1) is 23.1 Å². The average molecular weight is 223 g/mol. The lowest BCUT2D eigenvalue weighted by Crippen LogP contribution is -2.01. The second kappa shape index (κ2) is 3.63. The van der Waals surface area contributed by atoms with Crippen molar-refractivity contribution >= 4 is 16.6 Å². The molecule has 1 heterocycles. The van der Waals surface area contributed by atoms with Crippen molar-refractivity contribution in [2.75, 3.05) is 5.73 Å². The molecule has 3 nitrogen and oxygen atoms in total. The van der Waals surface area contributed by atoms with Crippen LogP contribution in [-0.4, -0.2) is 9.78 Å². The van der Waals surface area contributed by atoms with Crippen LogP contribution in [0, 0.1) is 6.92 Å². The second-order valence-corrected chi connectivity index (χ2v) is 4.18. The summed E-state index contributed by atoms with van der Waals surface area (Å²) in [5.41, 5.74) is 9.94. The molecule has 3 rings (SSSR count). The van der Waals surface area contributed by atoms with Gasteiger partial charge in [0.1, 0.15) is 0 Å². The Morgan fingerprint density at radius 2 is 1.94 bits per heavy atom. The van der Waals surface area contributed by atoms with Crippen LogP contribution in [0.5, 0.6) is 0 Å². The van der Waals surface area contributed by atoms with Gasteiger partial charge >= 0.3 is 0 Å². The highest BCUT2D eigenvalue weighted by atomic mass is 15.3. The Morgan fingerprint density at radius 1 is 1.12 bits per heavy atom. The second-order valence-electron chi connectivity index (χ2n) is 4.18. The molecule has 2 aromatic carbocycles. The van der Waals surface area contributed by atoms with E-state index < -0.39 is 0 Å². The Kier molecular flexibility index (Phi) is 2.11. The van der Waals surface area contributed by atoms with Gasteiger partial charge in [0.2, 0.25) is 0 Å². The Balaban J connectivity index is 2.31. The Hall–Kier alpha value is -2.29. The zero-order valence-electron chi connectivity index (χ0n) is 9.59. The lowest BCUT2D eigenvalue weighted by atomic mass is 10.2. The highest BCUT2D eigenvalue weighted by molar-refractivity contribution is 5.81. The molecule has 0 aliphatic rings. The van der Waals surface area contributed by atoms with Crippen LogP contribution < -0.4 is 5.73 Å². The normalized spacial score (nSPS) is 10.9. The first-order valence-electron chi connectivity index (χ1n) is 5.55. The van der Waals surface area contributed by atoms with Gasteiger partial charge in [-0.25, -0.2) is 4.68 Å². The molecule has 0 radical (unpaired) electrons. The zero-order valence-corrected chi connectivity index (χ0v) is 9.59. The Labute approximate surface area is 99.5 Å². The molecule has 0 unspecified atom stereocenters. The number of benzene rings is 2. The van der Waals surface area contributed by atoms with E-state index in [1.165, 1.54) is 5.56 Å². The molecule has 17 heavy (non-hydrogen) atoms. The molecule has 0 saturated heterocycles. The molecule has 0 amide bonds. The molecule has 0 bridgehead atoms. The van der Waals surface area contributed by atoms with Crippen molar-refractivity contribution in [2.24, 2.45) is 0 Å². The molecule has 3 heteroatoms. The molecule has 1 aromatic heterocycles. The first-order chi connectivity index (χ1) is 8.25. The summed E-state index contributed by atoms with van der Waals surface area (Å²) >= 11 is 0. The number of nitrogens with zero attached hydrogens (tertiary/aromatic N) is 2. The van der Waals surface area contributed by atoms with Crippen molar-refractivity contribution in [2.45, 2.75) is 6.92 Å². The number of anilines is 1. The smallest absolute Gasteiger partial charge is 0.0884 e. The third-order valence-electron chi connectivity index (χ3n) is 2.89. The van der Waals surface area contributed by atoms with Crippen LogP contribution in [0.25, 0.3) is 16.6 Å². The maximum absolute atomic E-state index is 6.01. The minimum absolute atomic E-state index is 0.740. The summed E-state index contributed by atoms with van der Waals surface area (Å²) in [5, 5.41) is 5.52. The van der Waals surface area contributed by atoms with Crippen molar-refractivity contribution < 1.29 is 0 Å². The van der Waals surface area contributed by atoms with Crippen molar-refractivity contribution in [1.82, 2.24) is 9.78 Å². The van der Waals surface area contributed by atoms with E-state index in [2.05, 4.69) is 18.1 Å². The summed E-state index contributed by atoms with van der Waals surface area (Å²) in [7, 11) is 0. The molecular weight excluding hydrogens is 210 g/mol. The van der Waals surface area contributed by atoms with E-state index in [1.807, 2.05) is 47.3 Å². The van der Waals surface area contributed by atoms with Gasteiger partial charge in [0, 0.05) is 5.39 Å². The number of nitrogens with two attached hydrogens (primary N) is 1. The predicted octanol–water partition coefficient (Wildman–Crippen LogP) is 2.92. The summed E-state index contributed by atoms with van der Waals surface area (Å²) in [5.74, 6) is 0. The van der Waals surface area contributed by atoms with E-state index >= 15 is 0 Å². The Bertz CT molecular complexity index is 683. The van der Waals surface area contributed by atoms with Gasteiger partial charge in [-0.15, -0.1) is 0 Å². The highest BCUT2D eigenvalue weighted by Crippen LogP contribution is 2.23. The maximum atomic E-state index is 6.01. The number of aromatic nitrogens is 2. The topological polar surface area (TPSA) is 43.8 Å². The molecular formula is C14H13N3. The van der Waals surface area contributed by atoms with E-state index in [4.69, 9.17) is 5.73 Å². The predicted molar refractivity (Wildman–Crippen MR) is 70.2 cm³/mol. The summed E-state index contributed by atoms with van der Waals surface area (Å²) in [6.45, 7) is 2.05. The quantitative estimate of drug-likeness (QED) is 0.644. The summed E-state index contributed by atoms with van der Waals surface area (Å²) in [6, 6.07) is 14.1. The summed E-state index contributed by atoms with van der Waals surface area (Å²) < 4.78 is 1.89. The number of para-hydroxylation sites is 1. The number of nitrogen functional groups attached to an aromatic ring is 1. The minimum Gasteiger partial charge on any atom is -0.397 e. The molecule has 0 fully saturated rings. The zero-order chi connectivity index (χ0) is 11.8. The van der Waals surface area contributed by atoms with Crippen molar-refractivity contribution in [1.29, 1.82) is 0 Å². The SMILES string of the molecule is Cc1ccc(N)c(-n2ncc3ccccc32)c1. The van der Waals surface area contributed by atoms with Crippen molar-refractivity contribution in [3.63, 3.8) is 0 Å². The lowest BCUT2D eigenvalue weighted by Gasteiger charge is -2.08. The largest absolute Gasteiger partial charge is 0.397 e. The van der Waals surface area contributed by atoms with Gasteiger partial charge in [0.15, 0.2) is 0 Å². The first kappa shape index (κ1) is 9.90. The maximum Gasteiger partial charge on any atom is 0.0884 e. The van der Waals surface area contributed by atoms with Crippen LogP contribution in [0.4, 0.5) is 5.69 Å². The minimum atomic E-state index is 0.740. The third kappa shape index (κ3) is 1.56. The van der Waals surface area contributed by atoms with Crippen LogP contribution >= 0.6 is 0 Å². The van der Waals surface area contributed by atoms with E-state index in [9.17, 15) is 0 Å². The first-order valence-corrected chi connectivity index (χ1v) is 5.55. The van der Waals surface area contributed by atoms with Crippen LogP contribution in [0.15, 0.2) is 48.7 Å². The van der Waals surface area contributed by atoms with Gasteiger partial charge in [-0.3, -0.25) is 0 Å². The van der Waals surface area contributed by atoms with Crippen LogP contribution in [0.2, 0.25) is 0 Å². The molecule has 0 atom stereocenters. The fourth-order valence-corrected chi connectivity index (χ4v) is 2.00. The monoisotopic (exact) mass is 223 g/mol. The van der Waals surface area contributed by atoms with E-state index in [-0.39, 0.29) is 0 Å². The number of hydrogen-bond acceptors (Lipinski definition) is 2. The van der Waals surface area contributed by atoms with E-state index in [1.54, 1.807) is 0 Å². The highest BCUT2D eigenvalue weighted by Gasteiger charge is 2.07. The van der Waals surface area contributed by atoms with Gasteiger partial charge in [-0.2, -0.15) is 5.10 Å². The number of aryl methyl sites for hydroxylation is 1. The van der Waals surface area contributed by atoms with E-state index in [0.717, 1.165) is 22.3 Å². The van der Waals surface area contributed by atoms with Gasteiger partial charge < -0.3 is 5.73 Å².